The fourth-order valence-electron chi connectivity index (χ4n) is 3.14. The summed E-state index contributed by atoms with van der Waals surface area (Å²) in [7, 11) is 0. The second-order valence-corrected chi connectivity index (χ2v) is 6.75. The molecular weight excluding hydrogens is 435 g/mol. The molecule has 0 saturated carbocycles. The van der Waals surface area contributed by atoms with E-state index in [1.54, 1.807) is 24.3 Å². The van der Waals surface area contributed by atoms with Crippen LogP contribution in [0.2, 0.25) is 5.02 Å². The van der Waals surface area contributed by atoms with E-state index >= 15 is 0 Å². The normalized spacial score (nSPS) is 11.5. The minimum atomic E-state index is -4.80. The fraction of sp³-hybridized carbons (Fsp3) is 0.0500. The maximum atomic E-state index is 12.5. The molecule has 2 aromatic carbocycles. The zero-order valence-electron chi connectivity index (χ0n) is 15.5. The van der Waals surface area contributed by atoms with E-state index in [9.17, 15) is 18.0 Å². The van der Waals surface area contributed by atoms with Gasteiger partial charge >= 0.3 is 6.36 Å². The zero-order valence-corrected chi connectivity index (χ0v) is 16.3. The highest BCUT2D eigenvalue weighted by atomic mass is 35.5. The van der Waals surface area contributed by atoms with Gasteiger partial charge in [0.15, 0.2) is 5.65 Å². The van der Waals surface area contributed by atoms with E-state index in [1.807, 2.05) is 5.43 Å². The molecule has 0 unspecified atom stereocenters. The number of nitrogens with two attached hydrogens (primary N) is 1. The van der Waals surface area contributed by atoms with E-state index in [-0.39, 0.29) is 17.0 Å². The summed E-state index contributed by atoms with van der Waals surface area (Å²) in [6.07, 6.45) is -1.99. The Kier molecular flexibility index (Phi) is 5.25. The molecule has 7 nitrogen and oxygen atoms in total. The highest BCUT2D eigenvalue weighted by Gasteiger charge is 2.31. The first-order valence-electron chi connectivity index (χ1n) is 8.77. The number of hydrogen-bond donors (Lipinski definition) is 2. The van der Waals surface area contributed by atoms with Crippen LogP contribution >= 0.6 is 11.6 Å². The lowest BCUT2D eigenvalue weighted by atomic mass is 10.0. The van der Waals surface area contributed by atoms with E-state index in [2.05, 4.69) is 14.8 Å². The Morgan fingerprint density at radius 3 is 2.42 bits per heavy atom. The van der Waals surface area contributed by atoms with Gasteiger partial charge in [0.1, 0.15) is 11.3 Å². The number of hydrogen-bond acceptors (Lipinski definition) is 5. The van der Waals surface area contributed by atoms with Crippen molar-refractivity contribution in [3.8, 4) is 28.1 Å². The number of hydrazine groups is 1. The molecule has 2 heterocycles. The number of ether oxygens (including phenoxy) is 1. The van der Waals surface area contributed by atoms with E-state index in [0.717, 1.165) is 0 Å². The van der Waals surface area contributed by atoms with Crippen LogP contribution in [-0.2, 0) is 0 Å². The number of alkyl halides is 3. The average Bonchev–Trinajstić information content (AvgIpc) is 3.17. The highest BCUT2D eigenvalue weighted by Crippen LogP contribution is 2.37. The summed E-state index contributed by atoms with van der Waals surface area (Å²) >= 11 is 6.36. The van der Waals surface area contributed by atoms with Gasteiger partial charge in [0.25, 0.3) is 5.91 Å². The quantitative estimate of drug-likeness (QED) is 0.277. The highest BCUT2D eigenvalue weighted by molar-refractivity contribution is 6.33. The number of carbonyl (C=O) groups is 1. The van der Waals surface area contributed by atoms with Crippen LogP contribution < -0.4 is 16.0 Å². The van der Waals surface area contributed by atoms with Gasteiger partial charge < -0.3 is 4.74 Å². The number of aromatic nitrogens is 3. The van der Waals surface area contributed by atoms with Crippen molar-refractivity contribution in [1.29, 1.82) is 0 Å². The fourth-order valence-corrected chi connectivity index (χ4v) is 3.38. The molecule has 0 atom stereocenters. The maximum Gasteiger partial charge on any atom is 0.573 e. The van der Waals surface area contributed by atoms with Crippen molar-refractivity contribution < 1.29 is 22.7 Å². The number of halogens is 4. The second-order valence-electron chi connectivity index (χ2n) is 6.34. The minimum absolute atomic E-state index is 0.131. The third kappa shape index (κ3) is 4.03. The summed E-state index contributed by atoms with van der Waals surface area (Å²) in [6.45, 7) is 0. The molecule has 0 fully saturated rings. The summed E-state index contributed by atoms with van der Waals surface area (Å²) in [4.78, 5) is 16.4. The Labute approximate surface area is 178 Å². The first-order valence-corrected chi connectivity index (χ1v) is 9.15. The number of rotatable bonds is 4. The summed E-state index contributed by atoms with van der Waals surface area (Å²) in [6, 6.07) is 12.3. The number of fused-ring (bicyclic) bond motifs is 1. The van der Waals surface area contributed by atoms with Gasteiger partial charge in [-0.1, -0.05) is 29.8 Å². The molecule has 0 radical (unpaired) electrons. The Morgan fingerprint density at radius 1 is 1.06 bits per heavy atom. The van der Waals surface area contributed by atoms with Crippen molar-refractivity contribution >= 4 is 23.2 Å². The van der Waals surface area contributed by atoms with E-state index < -0.39 is 12.3 Å². The molecular formula is C20H13ClF3N5O2. The van der Waals surface area contributed by atoms with Crippen LogP contribution in [0.15, 0.2) is 60.9 Å². The van der Waals surface area contributed by atoms with E-state index in [4.69, 9.17) is 17.4 Å². The van der Waals surface area contributed by atoms with Crippen molar-refractivity contribution in [2.24, 2.45) is 5.84 Å². The van der Waals surface area contributed by atoms with Crippen molar-refractivity contribution in [2.75, 3.05) is 0 Å². The summed E-state index contributed by atoms with van der Waals surface area (Å²) in [5.41, 5.74) is 4.53. The van der Waals surface area contributed by atoms with Gasteiger partial charge in [-0.15, -0.1) is 13.2 Å². The number of nitrogens with one attached hydrogen (secondary N) is 1. The van der Waals surface area contributed by atoms with Crippen molar-refractivity contribution in [3.05, 3.63) is 71.5 Å². The predicted octanol–water partition coefficient (Wildman–Crippen LogP) is 4.22. The van der Waals surface area contributed by atoms with Crippen molar-refractivity contribution in [2.45, 2.75) is 6.36 Å². The van der Waals surface area contributed by atoms with Crippen LogP contribution in [0, 0.1) is 0 Å². The van der Waals surface area contributed by atoms with Gasteiger partial charge in [-0.05, 0) is 30.3 Å². The SMILES string of the molecule is NNC(=O)c1cnn2c(-c3ccc(OC(F)(F)F)cc3)c(-c3ccccc3Cl)cnc12. The molecule has 4 rings (SSSR count). The van der Waals surface area contributed by atoms with Crippen LogP contribution in [0.4, 0.5) is 13.2 Å². The lowest BCUT2D eigenvalue weighted by molar-refractivity contribution is -0.274. The molecule has 0 spiro atoms. The number of benzene rings is 2. The maximum absolute atomic E-state index is 12.5. The average molecular weight is 448 g/mol. The number of carbonyl (C=O) groups excluding carboxylic acids is 1. The molecule has 158 valence electrons. The molecule has 0 bridgehead atoms. The predicted molar refractivity (Wildman–Crippen MR) is 107 cm³/mol. The monoisotopic (exact) mass is 447 g/mol. The second kappa shape index (κ2) is 7.89. The van der Waals surface area contributed by atoms with Gasteiger partial charge in [0.05, 0.1) is 11.9 Å². The Hall–Kier alpha value is -3.63. The number of nitrogens with zero attached hydrogens (tertiary/aromatic N) is 3. The van der Waals surface area contributed by atoms with Crippen LogP contribution in [-0.4, -0.2) is 26.9 Å². The molecule has 0 aliphatic heterocycles. The van der Waals surface area contributed by atoms with Gasteiger partial charge in [-0.25, -0.2) is 15.3 Å². The largest absolute Gasteiger partial charge is 0.573 e. The lowest BCUT2D eigenvalue weighted by Gasteiger charge is -2.14. The molecule has 31 heavy (non-hydrogen) atoms. The third-order valence-corrected chi connectivity index (χ3v) is 4.76. The molecule has 3 N–H and O–H groups in total. The first kappa shape index (κ1) is 20.6. The number of nitrogen functional groups attached to an aromatic ring is 1. The third-order valence-electron chi connectivity index (χ3n) is 4.43. The standard InChI is InChI=1S/C20H13ClF3N5O2/c21-16-4-2-1-3-13(16)14-9-26-18-15(19(30)28-25)10-27-29(18)17(14)11-5-7-12(8-6-11)31-20(22,23)24/h1-10H,25H2,(H,28,30). The van der Waals surface area contributed by atoms with Crippen LogP contribution in [0.3, 0.4) is 0 Å². The summed E-state index contributed by atoms with van der Waals surface area (Å²) < 4.78 is 42.9. The van der Waals surface area contributed by atoms with Crippen LogP contribution in [0.1, 0.15) is 10.4 Å². The van der Waals surface area contributed by atoms with Crippen molar-refractivity contribution in [1.82, 2.24) is 20.0 Å². The summed E-state index contributed by atoms with van der Waals surface area (Å²) in [5.74, 6) is 4.26. The van der Waals surface area contributed by atoms with Gasteiger partial charge in [0.2, 0.25) is 0 Å². The summed E-state index contributed by atoms with van der Waals surface area (Å²) in [5, 5.41) is 4.68. The van der Waals surface area contributed by atoms with Gasteiger partial charge in [-0.2, -0.15) is 5.10 Å². The lowest BCUT2D eigenvalue weighted by Crippen LogP contribution is -2.29. The molecule has 1 amide bonds. The first-order chi connectivity index (χ1) is 14.8. The van der Waals surface area contributed by atoms with Gasteiger partial charge in [-0.3, -0.25) is 10.2 Å². The Morgan fingerprint density at radius 2 is 1.77 bits per heavy atom. The van der Waals surface area contributed by atoms with E-state index in [0.29, 0.717) is 27.4 Å². The minimum Gasteiger partial charge on any atom is -0.406 e. The smallest absolute Gasteiger partial charge is 0.406 e. The Bertz CT molecular complexity index is 1270. The molecule has 4 aromatic rings. The zero-order chi connectivity index (χ0) is 22.2. The van der Waals surface area contributed by atoms with Crippen molar-refractivity contribution in [3.63, 3.8) is 0 Å². The molecule has 2 aromatic heterocycles. The molecule has 11 heteroatoms. The topological polar surface area (TPSA) is 94.5 Å². The molecule has 0 aliphatic carbocycles. The van der Waals surface area contributed by atoms with E-state index in [1.165, 1.54) is 41.2 Å². The molecule has 0 saturated heterocycles. The molecule has 0 aliphatic rings. The van der Waals surface area contributed by atoms with Gasteiger partial charge in [0, 0.05) is 27.9 Å². The Balaban J connectivity index is 1.94. The van der Waals surface area contributed by atoms with Crippen LogP contribution in [0.5, 0.6) is 5.75 Å². The van der Waals surface area contributed by atoms with Crippen LogP contribution in [0.25, 0.3) is 28.0 Å². The number of amides is 1.